The number of hydrogen-bond donors (Lipinski definition) is 2. The minimum atomic E-state index is 0. The summed E-state index contributed by atoms with van der Waals surface area (Å²) >= 11 is 0. The Morgan fingerprint density at radius 2 is 2.06 bits per heavy atom. The molecule has 2 aromatic rings. The predicted octanol–water partition coefficient (Wildman–Crippen LogP) is 2.95. The van der Waals surface area contributed by atoms with Crippen LogP contribution in [-0.4, -0.2) is 58.4 Å². The lowest BCUT2D eigenvalue weighted by atomic mass is 10.1. The van der Waals surface area contributed by atoms with Gasteiger partial charge in [-0.25, -0.2) is 14.7 Å². The van der Waals surface area contributed by atoms with Crippen molar-refractivity contribution in [3.63, 3.8) is 0 Å². The van der Waals surface area contributed by atoms with Crippen molar-refractivity contribution in [1.29, 1.82) is 0 Å². The van der Waals surface area contributed by atoms with Crippen LogP contribution < -0.4 is 10.6 Å². The molecule has 1 unspecified atom stereocenters. The Balaban J connectivity index is 0.00000363. The third-order valence-electron chi connectivity index (χ3n) is 5.69. The molecule has 0 saturated carbocycles. The summed E-state index contributed by atoms with van der Waals surface area (Å²) in [5, 5.41) is 11.6. The van der Waals surface area contributed by atoms with Gasteiger partial charge in [0.05, 0.1) is 13.1 Å². The van der Waals surface area contributed by atoms with Crippen LogP contribution in [0.15, 0.2) is 29.3 Å². The molecular weight excluding hydrogens is 517 g/mol. The number of nitrogens with one attached hydrogen (secondary N) is 2. The van der Waals surface area contributed by atoms with Crippen LogP contribution in [0.1, 0.15) is 50.0 Å². The van der Waals surface area contributed by atoms with E-state index in [0.717, 1.165) is 50.1 Å². The molecule has 178 valence electrons. The summed E-state index contributed by atoms with van der Waals surface area (Å²) in [5.41, 5.74) is 2.59. The summed E-state index contributed by atoms with van der Waals surface area (Å²) in [7, 11) is 3.83. The molecule has 2 heterocycles. The fourth-order valence-electron chi connectivity index (χ4n) is 3.66. The van der Waals surface area contributed by atoms with E-state index in [9.17, 15) is 0 Å². The van der Waals surface area contributed by atoms with Crippen molar-refractivity contribution in [1.82, 2.24) is 30.3 Å². The van der Waals surface area contributed by atoms with Gasteiger partial charge in [0.2, 0.25) is 0 Å². The summed E-state index contributed by atoms with van der Waals surface area (Å²) in [5.74, 6) is 2.64. The second-order valence-electron chi connectivity index (χ2n) is 8.41. The van der Waals surface area contributed by atoms with Gasteiger partial charge in [-0.2, -0.15) is 5.10 Å². The summed E-state index contributed by atoms with van der Waals surface area (Å²) in [6.07, 6.45) is 1.91. The van der Waals surface area contributed by atoms with Crippen molar-refractivity contribution in [2.45, 2.75) is 71.9 Å². The number of halogens is 1. The van der Waals surface area contributed by atoms with Gasteiger partial charge >= 0.3 is 0 Å². The third-order valence-corrected chi connectivity index (χ3v) is 5.69. The summed E-state index contributed by atoms with van der Waals surface area (Å²) in [4.78, 5) is 11.8. The Morgan fingerprint density at radius 1 is 1.31 bits per heavy atom. The number of nitrogens with zero attached hydrogens (tertiary/aromatic N) is 5. The molecule has 1 aliphatic heterocycles. The molecule has 0 spiro atoms. The Labute approximate surface area is 209 Å². The van der Waals surface area contributed by atoms with Gasteiger partial charge in [-0.05, 0) is 45.4 Å². The molecule has 2 N–H and O–H groups in total. The maximum Gasteiger partial charge on any atom is 0.191 e. The van der Waals surface area contributed by atoms with E-state index in [-0.39, 0.29) is 30.0 Å². The third kappa shape index (κ3) is 7.41. The number of fused-ring (bicyclic) bond motifs is 1. The van der Waals surface area contributed by atoms with Gasteiger partial charge in [0.25, 0.3) is 0 Å². The topological polar surface area (TPSA) is 79.6 Å². The van der Waals surface area contributed by atoms with Gasteiger partial charge in [-0.1, -0.05) is 24.3 Å². The number of guanidine groups is 1. The minimum Gasteiger partial charge on any atom is -0.377 e. The van der Waals surface area contributed by atoms with Gasteiger partial charge in [0.15, 0.2) is 11.8 Å². The van der Waals surface area contributed by atoms with Crippen molar-refractivity contribution in [3.8, 4) is 0 Å². The number of aryl methyl sites for hydroxylation is 1. The molecule has 1 aromatic heterocycles. The fraction of sp³-hybridized carbons (Fsp3) is 0.609. The van der Waals surface area contributed by atoms with Crippen LogP contribution in [0.4, 0.5) is 0 Å². The van der Waals surface area contributed by atoms with Crippen LogP contribution in [0, 0.1) is 0 Å². The number of hydrogen-bond acceptors (Lipinski definition) is 5. The van der Waals surface area contributed by atoms with E-state index in [1.165, 1.54) is 11.1 Å². The number of rotatable bonds is 9. The zero-order chi connectivity index (χ0) is 22.2. The van der Waals surface area contributed by atoms with Crippen molar-refractivity contribution in [2.75, 3.05) is 20.7 Å². The van der Waals surface area contributed by atoms with Crippen LogP contribution in [0.3, 0.4) is 0 Å². The first-order chi connectivity index (χ1) is 15.0. The van der Waals surface area contributed by atoms with E-state index in [2.05, 4.69) is 77.7 Å². The summed E-state index contributed by atoms with van der Waals surface area (Å²) < 4.78 is 7.16. The molecule has 1 aliphatic rings. The Hall–Kier alpha value is -1.72. The normalized spacial score (nSPS) is 16.1. The first kappa shape index (κ1) is 26.5. The van der Waals surface area contributed by atoms with Crippen LogP contribution in [0.25, 0.3) is 0 Å². The number of aromatic nitrogens is 3. The lowest BCUT2D eigenvalue weighted by Crippen LogP contribution is -2.47. The highest BCUT2D eigenvalue weighted by Gasteiger charge is 2.22. The largest absolute Gasteiger partial charge is 0.377 e. The zero-order valence-electron chi connectivity index (χ0n) is 20.0. The highest BCUT2D eigenvalue weighted by molar-refractivity contribution is 14.0. The van der Waals surface area contributed by atoms with Crippen molar-refractivity contribution < 1.29 is 4.74 Å². The first-order valence-electron chi connectivity index (χ1n) is 11.2. The van der Waals surface area contributed by atoms with E-state index in [1.807, 2.05) is 4.68 Å². The second kappa shape index (κ2) is 13.1. The Kier molecular flexibility index (Phi) is 10.9. The molecule has 8 nitrogen and oxygen atoms in total. The van der Waals surface area contributed by atoms with Gasteiger partial charge < -0.3 is 15.4 Å². The van der Waals surface area contributed by atoms with Crippen LogP contribution in [-0.2, 0) is 37.4 Å². The number of methoxy groups -OCH3 is 1. The lowest BCUT2D eigenvalue weighted by molar-refractivity contribution is 0.177. The first-order valence-corrected chi connectivity index (χ1v) is 11.2. The zero-order valence-corrected chi connectivity index (χ0v) is 22.3. The highest BCUT2D eigenvalue weighted by Crippen LogP contribution is 2.15. The maximum absolute atomic E-state index is 5.16. The fourth-order valence-corrected chi connectivity index (χ4v) is 3.66. The summed E-state index contributed by atoms with van der Waals surface area (Å²) in [6.45, 7) is 10.2. The molecule has 3 rings (SSSR count). The van der Waals surface area contributed by atoms with Crippen LogP contribution in [0.2, 0.25) is 0 Å². The van der Waals surface area contributed by atoms with Gasteiger partial charge in [0, 0.05) is 38.7 Å². The molecule has 9 heteroatoms. The van der Waals surface area contributed by atoms with E-state index in [1.54, 1.807) is 7.11 Å². The molecular formula is C23H38IN7O. The molecule has 0 saturated heterocycles. The van der Waals surface area contributed by atoms with Gasteiger partial charge in [-0.15, -0.1) is 24.0 Å². The highest BCUT2D eigenvalue weighted by atomic mass is 127. The van der Waals surface area contributed by atoms with E-state index < -0.39 is 0 Å². The monoisotopic (exact) mass is 555 g/mol. The molecule has 0 amide bonds. The maximum atomic E-state index is 5.16. The van der Waals surface area contributed by atoms with E-state index in [4.69, 9.17) is 9.73 Å². The van der Waals surface area contributed by atoms with Crippen molar-refractivity contribution in [2.24, 2.45) is 4.99 Å². The van der Waals surface area contributed by atoms with Gasteiger partial charge in [0.1, 0.15) is 12.4 Å². The SMILES string of the molecule is CCNC(=NCc1ccccc1CN(C)C(C)C)NC1CCc2nc(COC)nn2C1.I. The van der Waals surface area contributed by atoms with Crippen LogP contribution in [0.5, 0.6) is 0 Å². The smallest absolute Gasteiger partial charge is 0.191 e. The molecule has 32 heavy (non-hydrogen) atoms. The molecule has 0 bridgehead atoms. The number of ether oxygens (including phenoxy) is 1. The van der Waals surface area contributed by atoms with Crippen molar-refractivity contribution in [3.05, 3.63) is 47.0 Å². The molecule has 0 aliphatic carbocycles. The Morgan fingerprint density at radius 3 is 2.75 bits per heavy atom. The number of aliphatic imine (C=N–C) groups is 1. The van der Waals surface area contributed by atoms with Crippen molar-refractivity contribution >= 4 is 29.9 Å². The summed E-state index contributed by atoms with van der Waals surface area (Å²) in [6, 6.07) is 9.36. The Bertz CT molecular complexity index is 868. The quantitative estimate of drug-likeness (QED) is 0.282. The van der Waals surface area contributed by atoms with E-state index >= 15 is 0 Å². The molecule has 0 fully saturated rings. The predicted molar refractivity (Wildman–Crippen MR) is 139 cm³/mol. The standard InChI is InChI=1S/C23H37N7O.HI/c1-6-24-23(25-13-18-9-7-8-10-19(18)14-29(4)17(2)3)26-20-11-12-22-27-21(16-31-5)28-30(22)15-20;/h7-10,17,20H,6,11-16H2,1-5H3,(H2,24,25,26);1H. The van der Waals surface area contributed by atoms with Gasteiger partial charge in [-0.3, -0.25) is 4.90 Å². The number of benzene rings is 1. The second-order valence-corrected chi connectivity index (χ2v) is 8.41. The van der Waals surface area contributed by atoms with E-state index in [0.29, 0.717) is 19.2 Å². The molecule has 1 atom stereocenters. The molecule has 1 aromatic carbocycles. The molecule has 0 radical (unpaired) electrons. The minimum absolute atomic E-state index is 0. The lowest BCUT2D eigenvalue weighted by Gasteiger charge is -2.25. The average molecular weight is 556 g/mol. The average Bonchev–Trinajstić information content (AvgIpc) is 3.15. The van der Waals surface area contributed by atoms with Crippen LogP contribution >= 0.6 is 24.0 Å².